The molecule has 0 amide bonds. The van der Waals surface area contributed by atoms with Gasteiger partial charge in [0.25, 0.3) is 11.9 Å². The summed E-state index contributed by atoms with van der Waals surface area (Å²) in [7, 11) is 0. The second kappa shape index (κ2) is 11.9. The monoisotopic (exact) mass is 418 g/mol. The van der Waals surface area contributed by atoms with Gasteiger partial charge < -0.3 is 31.9 Å². The van der Waals surface area contributed by atoms with Crippen LogP contribution in [0.2, 0.25) is 0 Å². The van der Waals surface area contributed by atoms with Gasteiger partial charge in [-0.15, -0.1) is 0 Å². The van der Waals surface area contributed by atoms with Crippen molar-refractivity contribution >= 4 is 11.9 Å². The fourth-order valence-corrected chi connectivity index (χ4v) is 1.91. The van der Waals surface area contributed by atoms with Crippen molar-refractivity contribution in [3.8, 4) is 11.5 Å². The van der Waals surface area contributed by atoms with Gasteiger partial charge in [0.2, 0.25) is 0 Å². The van der Waals surface area contributed by atoms with Crippen LogP contribution in [0.5, 0.6) is 11.5 Å². The first-order valence-electron chi connectivity index (χ1n) is 7.62. The molecule has 2 rings (SSSR count). The number of phenols is 2. The second-order valence-corrected chi connectivity index (χ2v) is 5.52. The molecule has 0 saturated heterocycles. The Hall–Kier alpha value is -2.61. The fraction of sp³-hybridized carbons (Fsp3) is 0.222. The number of nitrogens with one attached hydrogen (secondary N) is 2. The van der Waals surface area contributed by atoms with Crippen molar-refractivity contribution in [1.82, 2.24) is 0 Å². The molecule has 0 saturated carbocycles. The molecule has 0 aliphatic carbocycles. The van der Waals surface area contributed by atoms with Crippen LogP contribution in [0.4, 0.5) is 0 Å². The fourth-order valence-electron chi connectivity index (χ4n) is 1.91. The SMILES string of the molecule is [NH-]C(Cc1ccc(O)cc1)C(=O)O.[NH-]C(Cc1ccc(O)cc1)C(=O)O.[Ni+2]. The van der Waals surface area contributed by atoms with Crippen molar-refractivity contribution in [2.45, 2.75) is 24.9 Å². The summed E-state index contributed by atoms with van der Waals surface area (Å²) in [4.78, 5) is 20.7. The standard InChI is InChI=1S/2C9H10NO3.Ni/c2*10-8(9(12)13)5-6-1-3-7(11)4-2-6;/h2*1-4,8,10-11H,5H2,(H,12,13);/q2*-1;+2. The maximum atomic E-state index is 10.3. The number of rotatable bonds is 6. The minimum absolute atomic E-state index is 0. The van der Waals surface area contributed by atoms with Crippen LogP contribution in [0.15, 0.2) is 48.5 Å². The van der Waals surface area contributed by atoms with E-state index < -0.39 is 24.0 Å². The molecule has 2 aromatic rings. The summed E-state index contributed by atoms with van der Waals surface area (Å²) in [6, 6.07) is 10.1. The third-order valence-electron chi connectivity index (χ3n) is 3.35. The van der Waals surface area contributed by atoms with Crippen molar-refractivity contribution in [3.05, 3.63) is 71.1 Å². The number of carboxylic acid groups (broad SMARTS) is 2. The minimum atomic E-state index is -1.13. The molecule has 2 aromatic carbocycles. The van der Waals surface area contributed by atoms with Crippen LogP contribution in [-0.2, 0) is 38.9 Å². The topological polar surface area (TPSA) is 163 Å². The minimum Gasteiger partial charge on any atom is -0.665 e. The molecule has 0 fully saturated rings. The molecule has 2 unspecified atom stereocenters. The zero-order valence-corrected chi connectivity index (χ0v) is 15.1. The Balaban J connectivity index is 0.000000483. The third kappa shape index (κ3) is 9.60. The first-order valence-corrected chi connectivity index (χ1v) is 7.62. The molecule has 0 bridgehead atoms. The van der Waals surface area contributed by atoms with E-state index in [0.29, 0.717) is 0 Å². The molecule has 148 valence electrons. The number of carbonyl (C=O) groups is 2. The molecule has 0 radical (unpaired) electrons. The molecule has 2 atom stereocenters. The summed E-state index contributed by atoms with van der Waals surface area (Å²) in [5, 5.41) is 34.8. The Labute approximate surface area is 166 Å². The number of phenolic OH excluding ortho intramolecular Hbond substituents is 2. The van der Waals surface area contributed by atoms with Gasteiger partial charge in [0.1, 0.15) is 11.5 Å². The van der Waals surface area contributed by atoms with Gasteiger partial charge in [-0.2, -0.15) is 0 Å². The van der Waals surface area contributed by atoms with Gasteiger partial charge in [0, 0.05) is 0 Å². The Bertz CT molecular complexity index is 658. The predicted molar refractivity (Wildman–Crippen MR) is 95.1 cm³/mol. The molecule has 0 aliphatic heterocycles. The normalized spacial score (nSPS) is 11.9. The van der Waals surface area contributed by atoms with Gasteiger partial charge in [-0.1, -0.05) is 24.3 Å². The van der Waals surface area contributed by atoms with Crippen LogP contribution in [-0.4, -0.2) is 44.4 Å². The maximum absolute atomic E-state index is 10.3. The number of carboxylic acids is 2. The van der Waals surface area contributed by atoms with E-state index in [1.54, 1.807) is 24.3 Å². The van der Waals surface area contributed by atoms with Gasteiger partial charge in [0.15, 0.2) is 0 Å². The van der Waals surface area contributed by atoms with Crippen molar-refractivity contribution in [3.63, 3.8) is 0 Å². The molecule has 0 heterocycles. The quantitative estimate of drug-likeness (QED) is 0.526. The molecule has 27 heavy (non-hydrogen) atoms. The first kappa shape index (κ1) is 24.4. The van der Waals surface area contributed by atoms with Gasteiger partial charge in [-0.25, -0.2) is 0 Å². The van der Waals surface area contributed by atoms with E-state index in [0.717, 1.165) is 11.1 Å². The molecule has 0 aliphatic rings. The first-order chi connectivity index (χ1) is 12.2. The van der Waals surface area contributed by atoms with E-state index in [1.165, 1.54) is 24.3 Å². The molecular formula is C18H20N2NiO6. The van der Waals surface area contributed by atoms with E-state index >= 15 is 0 Å². The number of hydrogen-bond donors (Lipinski definition) is 4. The Kier molecular flexibility index (Phi) is 10.8. The summed E-state index contributed by atoms with van der Waals surface area (Å²) in [5.41, 5.74) is 15.8. The summed E-state index contributed by atoms with van der Waals surface area (Å²) in [5.74, 6) is -1.98. The van der Waals surface area contributed by atoms with Crippen LogP contribution in [0, 0.1) is 0 Å². The third-order valence-corrected chi connectivity index (χ3v) is 3.35. The number of aliphatic carboxylic acids is 2. The van der Waals surface area contributed by atoms with E-state index in [4.69, 9.17) is 31.9 Å². The molecule has 9 heteroatoms. The zero-order chi connectivity index (χ0) is 19.7. The molecule has 0 spiro atoms. The van der Waals surface area contributed by atoms with E-state index in [2.05, 4.69) is 0 Å². The summed E-state index contributed by atoms with van der Waals surface area (Å²) in [6.07, 6.45) is 0.325. The predicted octanol–water partition coefficient (Wildman–Crippen LogP) is 2.88. The summed E-state index contributed by atoms with van der Waals surface area (Å²) >= 11 is 0. The Morgan fingerprint density at radius 3 is 1.19 bits per heavy atom. The van der Waals surface area contributed by atoms with Crippen molar-refractivity contribution in [2.75, 3.05) is 0 Å². The van der Waals surface area contributed by atoms with E-state index in [-0.39, 0.29) is 40.8 Å². The number of benzene rings is 2. The van der Waals surface area contributed by atoms with Crippen molar-refractivity contribution in [1.29, 1.82) is 0 Å². The van der Waals surface area contributed by atoms with Gasteiger partial charge >= 0.3 is 16.5 Å². The number of aromatic hydroxyl groups is 2. The molecule has 8 nitrogen and oxygen atoms in total. The molecule has 6 N–H and O–H groups in total. The molecular weight excluding hydrogens is 399 g/mol. The smallest absolute Gasteiger partial charge is 0.665 e. The van der Waals surface area contributed by atoms with Crippen LogP contribution in [0.3, 0.4) is 0 Å². The summed E-state index contributed by atoms with van der Waals surface area (Å²) in [6.45, 7) is 0. The van der Waals surface area contributed by atoms with Crippen LogP contribution in [0.1, 0.15) is 11.1 Å². The largest absolute Gasteiger partial charge is 2.00 e. The molecule has 0 aromatic heterocycles. The average molecular weight is 419 g/mol. The van der Waals surface area contributed by atoms with Crippen LogP contribution >= 0.6 is 0 Å². The van der Waals surface area contributed by atoms with Crippen LogP contribution < -0.4 is 0 Å². The number of hydrogen-bond acceptors (Lipinski definition) is 4. The Morgan fingerprint density at radius 2 is 0.963 bits per heavy atom. The van der Waals surface area contributed by atoms with Gasteiger partial charge in [0.05, 0.1) is 0 Å². The maximum Gasteiger partial charge on any atom is 2.00 e. The van der Waals surface area contributed by atoms with Crippen LogP contribution in [0.25, 0.3) is 11.5 Å². The van der Waals surface area contributed by atoms with Gasteiger partial charge in [-0.05, 0) is 60.3 Å². The second-order valence-electron chi connectivity index (χ2n) is 5.52. The van der Waals surface area contributed by atoms with E-state index in [1.807, 2.05) is 0 Å². The van der Waals surface area contributed by atoms with Crippen molar-refractivity contribution < 1.29 is 46.5 Å². The summed E-state index contributed by atoms with van der Waals surface area (Å²) < 4.78 is 0. The average Bonchev–Trinajstić information content (AvgIpc) is 2.59. The van der Waals surface area contributed by atoms with Gasteiger partial charge in [-0.3, -0.25) is 9.59 Å². The van der Waals surface area contributed by atoms with Crippen molar-refractivity contribution in [2.24, 2.45) is 0 Å². The zero-order valence-electron chi connectivity index (χ0n) is 14.1. The van der Waals surface area contributed by atoms with E-state index in [9.17, 15) is 9.59 Å². The Morgan fingerprint density at radius 1 is 0.704 bits per heavy atom.